The average Bonchev–Trinajstić information content (AvgIpc) is 2.59. The quantitative estimate of drug-likeness (QED) is 0.729. The van der Waals surface area contributed by atoms with Gasteiger partial charge in [0.2, 0.25) is 5.91 Å². The Morgan fingerprint density at radius 1 is 1.19 bits per heavy atom. The van der Waals surface area contributed by atoms with Crippen LogP contribution in [0.5, 0.6) is 0 Å². The number of carbonyl (C=O) groups is 1. The highest BCUT2D eigenvalue weighted by molar-refractivity contribution is 5.95. The molecule has 2 unspecified atom stereocenters. The molecule has 1 heterocycles. The molecule has 0 N–H and O–H groups in total. The van der Waals surface area contributed by atoms with Crippen LogP contribution in [0.15, 0.2) is 30.3 Å². The topological polar surface area (TPSA) is 32.8 Å². The third-order valence-corrected chi connectivity index (χ3v) is 5.25. The smallest absolute Gasteiger partial charge is 0.246 e. The standard InChI is InChI=1S/C22H34N2O2/c1-16(2)21(20-9-7-17(3)8-10-20)13-22(25)23-14-18(4)24(11-12-26-6)19(5)15-23/h7-10,13,16,18-19H,11-12,14-15H2,1-6H3/b21-13+. The number of hydrogen-bond acceptors (Lipinski definition) is 3. The zero-order chi connectivity index (χ0) is 19.3. The maximum atomic E-state index is 13.0. The predicted octanol–water partition coefficient (Wildman–Crippen LogP) is 3.60. The Morgan fingerprint density at radius 2 is 1.77 bits per heavy atom. The minimum absolute atomic E-state index is 0.124. The molecule has 1 aliphatic heterocycles. The Balaban J connectivity index is 2.14. The molecule has 144 valence electrons. The van der Waals surface area contributed by atoms with Crippen LogP contribution < -0.4 is 0 Å². The van der Waals surface area contributed by atoms with E-state index in [1.54, 1.807) is 7.11 Å². The zero-order valence-corrected chi connectivity index (χ0v) is 17.2. The van der Waals surface area contributed by atoms with Crippen LogP contribution in [0.1, 0.15) is 38.8 Å². The number of carbonyl (C=O) groups excluding carboxylic acids is 1. The molecule has 2 rings (SSSR count). The molecule has 4 nitrogen and oxygen atoms in total. The van der Waals surface area contributed by atoms with E-state index in [9.17, 15) is 4.79 Å². The third kappa shape index (κ3) is 5.18. The van der Waals surface area contributed by atoms with Crippen molar-refractivity contribution in [3.63, 3.8) is 0 Å². The summed E-state index contributed by atoms with van der Waals surface area (Å²) in [6.45, 7) is 13.9. The fourth-order valence-corrected chi connectivity index (χ4v) is 3.73. The van der Waals surface area contributed by atoms with E-state index in [4.69, 9.17) is 4.74 Å². The number of nitrogens with zero attached hydrogens (tertiary/aromatic N) is 2. The summed E-state index contributed by atoms with van der Waals surface area (Å²) in [5, 5.41) is 0. The van der Waals surface area contributed by atoms with Crippen molar-refractivity contribution in [2.45, 2.75) is 46.7 Å². The highest BCUT2D eigenvalue weighted by Gasteiger charge is 2.31. The van der Waals surface area contributed by atoms with E-state index in [0.29, 0.717) is 18.0 Å². The van der Waals surface area contributed by atoms with Crippen molar-refractivity contribution in [3.05, 3.63) is 41.5 Å². The second-order valence-corrected chi connectivity index (χ2v) is 7.79. The molecular weight excluding hydrogens is 324 g/mol. The Bertz CT molecular complexity index is 610. The molecular formula is C22H34N2O2. The van der Waals surface area contributed by atoms with E-state index in [1.807, 2.05) is 11.0 Å². The van der Waals surface area contributed by atoms with Crippen molar-refractivity contribution in [3.8, 4) is 0 Å². The molecule has 0 saturated carbocycles. The monoisotopic (exact) mass is 358 g/mol. The summed E-state index contributed by atoms with van der Waals surface area (Å²) in [6.07, 6.45) is 1.85. The summed E-state index contributed by atoms with van der Waals surface area (Å²) in [6, 6.07) is 9.12. The second-order valence-electron chi connectivity index (χ2n) is 7.79. The minimum atomic E-state index is 0.124. The van der Waals surface area contributed by atoms with Gasteiger partial charge in [0.05, 0.1) is 6.61 Å². The van der Waals surface area contributed by atoms with Gasteiger partial charge in [0.15, 0.2) is 0 Å². The first-order valence-electron chi connectivity index (χ1n) is 9.65. The number of benzene rings is 1. The van der Waals surface area contributed by atoms with Crippen LogP contribution >= 0.6 is 0 Å². The van der Waals surface area contributed by atoms with Gasteiger partial charge in [-0.05, 0) is 37.8 Å². The first-order chi connectivity index (χ1) is 12.3. The van der Waals surface area contributed by atoms with Gasteiger partial charge in [0.1, 0.15) is 0 Å². The van der Waals surface area contributed by atoms with Gasteiger partial charge in [-0.25, -0.2) is 0 Å². The number of methoxy groups -OCH3 is 1. The maximum Gasteiger partial charge on any atom is 0.246 e. The maximum absolute atomic E-state index is 13.0. The molecule has 2 atom stereocenters. The van der Waals surface area contributed by atoms with Crippen molar-refractivity contribution in [2.75, 3.05) is 33.4 Å². The summed E-state index contributed by atoms with van der Waals surface area (Å²) in [4.78, 5) is 17.4. The van der Waals surface area contributed by atoms with Crippen molar-refractivity contribution >= 4 is 11.5 Å². The van der Waals surface area contributed by atoms with Gasteiger partial charge >= 0.3 is 0 Å². The molecule has 0 spiro atoms. The van der Waals surface area contributed by atoms with Gasteiger partial charge in [-0.15, -0.1) is 0 Å². The number of piperazine rings is 1. The minimum Gasteiger partial charge on any atom is -0.383 e. The molecule has 0 bridgehead atoms. The number of rotatable bonds is 6. The molecule has 26 heavy (non-hydrogen) atoms. The van der Waals surface area contributed by atoms with Crippen LogP contribution in [0.2, 0.25) is 0 Å². The molecule has 1 aliphatic rings. The number of aryl methyl sites for hydroxylation is 1. The van der Waals surface area contributed by atoms with E-state index < -0.39 is 0 Å². The third-order valence-electron chi connectivity index (χ3n) is 5.25. The average molecular weight is 359 g/mol. The van der Waals surface area contributed by atoms with E-state index in [0.717, 1.165) is 37.4 Å². The lowest BCUT2D eigenvalue weighted by atomic mass is 9.94. The van der Waals surface area contributed by atoms with Crippen LogP contribution in [0.4, 0.5) is 0 Å². The van der Waals surface area contributed by atoms with Crippen LogP contribution in [-0.4, -0.2) is 61.1 Å². The highest BCUT2D eigenvalue weighted by Crippen LogP contribution is 2.24. The lowest BCUT2D eigenvalue weighted by molar-refractivity contribution is -0.130. The lowest BCUT2D eigenvalue weighted by Crippen LogP contribution is -2.58. The molecule has 0 radical (unpaired) electrons. The van der Waals surface area contributed by atoms with Gasteiger partial charge in [-0.1, -0.05) is 43.7 Å². The van der Waals surface area contributed by atoms with E-state index in [2.05, 4.69) is 63.8 Å². The normalized spacial score (nSPS) is 22.1. The molecule has 1 aromatic rings. The summed E-state index contributed by atoms with van der Waals surface area (Å²) >= 11 is 0. The largest absolute Gasteiger partial charge is 0.383 e. The second kappa shape index (κ2) is 9.33. The first kappa shape index (κ1) is 20.7. The molecule has 1 amide bonds. The number of ether oxygens (including phenoxy) is 1. The molecule has 0 aromatic heterocycles. The Morgan fingerprint density at radius 3 is 2.27 bits per heavy atom. The number of amides is 1. The van der Waals surface area contributed by atoms with Gasteiger partial charge in [0.25, 0.3) is 0 Å². The van der Waals surface area contributed by atoms with Gasteiger partial charge in [0, 0.05) is 44.9 Å². The van der Waals surface area contributed by atoms with Crippen molar-refractivity contribution < 1.29 is 9.53 Å². The molecule has 4 heteroatoms. The Kier molecular flexibility index (Phi) is 7.42. The van der Waals surface area contributed by atoms with Crippen LogP contribution in [0.3, 0.4) is 0 Å². The molecule has 1 aromatic carbocycles. The summed E-state index contributed by atoms with van der Waals surface area (Å²) in [5.41, 5.74) is 3.48. The van der Waals surface area contributed by atoms with E-state index >= 15 is 0 Å². The van der Waals surface area contributed by atoms with Gasteiger partial charge in [-0.3, -0.25) is 9.69 Å². The lowest BCUT2D eigenvalue weighted by Gasteiger charge is -2.44. The highest BCUT2D eigenvalue weighted by atomic mass is 16.5. The molecule has 1 fully saturated rings. The molecule has 0 aliphatic carbocycles. The van der Waals surface area contributed by atoms with E-state index in [-0.39, 0.29) is 5.91 Å². The predicted molar refractivity (Wildman–Crippen MR) is 108 cm³/mol. The summed E-state index contributed by atoms with van der Waals surface area (Å²) in [5.74, 6) is 0.430. The van der Waals surface area contributed by atoms with Gasteiger partial charge in [-0.2, -0.15) is 0 Å². The Hall–Kier alpha value is -1.65. The Labute approximate surface area is 158 Å². The fourth-order valence-electron chi connectivity index (χ4n) is 3.73. The van der Waals surface area contributed by atoms with Crippen LogP contribution in [0, 0.1) is 12.8 Å². The van der Waals surface area contributed by atoms with Crippen LogP contribution in [-0.2, 0) is 9.53 Å². The zero-order valence-electron chi connectivity index (χ0n) is 17.2. The summed E-state index contributed by atoms with van der Waals surface area (Å²) in [7, 11) is 1.73. The SMILES string of the molecule is COCCN1C(C)CN(C(=O)/C=C(/c2ccc(C)cc2)C(C)C)CC1C. The molecule has 1 saturated heterocycles. The van der Waals surface area contributed by atoms with Gasteiger partial charge < -0.3 is 9.64 Å². The fraction of sp³-hybridized carbons (Fsp3) is 0.591. The van der Waals surface area contributed by atoms with Crippen molar-refractivity contribution in [1.29, 1.82) is 0 Å². The number of allylic oxidation sites excluding steroid dienone is 1. The van der Waals surface area contributed by atoms with Crippen LogP contribution in [0.25, 0.3) is 5.57 Å². The summed E-state index contributed by atoms with van der Waals surface area (Å²) < 4.78 is 5.22. The van der Waals surface area contributed by atoms with E-state index in [1.165, 1.54) is 5.56 Å². The first-order valence-corrected chi connectivity index (χ1v) is 9.65. The van der Waals surface area contributed by atoms with Crippen molar-refractivity contribution in [1.82, 2.24) is 9.80 Å². The van der Waals surface area contributed by atoms with Crippen molar-refractivity contribution in [2.24, 2.45) is 5.92 Å². The number of hydrogen-bond donors (Lipinski definition) is 0.